The number of halogens is 1. The van der Waals surface area contributed by atoms with E-state index in [4.69, 9.17) is 11.6 Å². The Hall–Kier alpha value is -1.97. The Labute approximate surface area is 125 Å². The minimum absolute atomic E-state index is 0.0391. The molecule has 2 nitrogen and oxygen atoms in total. The molecule has 0 spiro atoms. The van der Waals surface area contributed by atoms with Crippen LogP contribution in [0.3, 0.4) is 0 Å². The summed E-state index contributed by atoms with van der Waals surface area (Å²) in [7, 11) is 0. The van der Waals surface area contributed by atoms with Crippen LogP contribution in [0.4, 0.5) is 0 Å². The lowest BCUT2D eigenvalue weighted by molar-refractivity contribution is 0.105. The van der Waals surface area contributed by atoms with Gasteiger partial charge >= 0.3 is 0 Å². The van der Waals surface area contributed by atoms with Crippen molar-refractivity contribution in [3.63, 3.8) is 0 Å². The standard InChI is InChI=1S/C16H10ClNOS/c17-16-8-7-15(20-16)14(19)6-5-11-9-10-18-13-4-2-1-3-12(11)13/h1-10H/b6-5+. The second-order valence-corrected chi connectivity index (χ2v) is 5.93. The largest absolute Gasteiger partial charge is 0.288 e. The van der Waals surface area contributed by atoms with E-state index in [0.717, 1.165) is 16.5 Å². The molecule has 0 aliphatic rings. The van der Waals surface area contributed by atoms with Gasteiger partial charge in [0, 0.05) is 11.6 Å². The van der Waals surface area contributed by atoms with Crippen molar-refractivity contribution in [3.8, 4) is 0 Å². The highest BCUT2D eigenvalue weighted by Crippen LogP contribution is 2.23. The van der Waals surface area contributed by atoms with Gasteiger partial charge in [0.1, 0.15) is 0 Å². The van der Waals surface area contributed by atoms with Gasteiger partial charge in [0.15, 0.2) is 5.78 Å². The Kier molecular flexibility index (Phi) is 3.63. The highest BCUT2D eigenvalue weighted by atomic mass is 35.5. The minimum atomic E-state index is -0.0391. The number of nitrogens with zero attached hydrogens (tertiary/aromatic N) is 1. The van der Waals surface area contributed by atoms with E-state index in [9.17, 15) is 4.79 Å². The molecule has 0 N–H and O–H groups in total. The number of thiophene rings is 1. The number of hydrogen-bond acceptors (Lipinski definition) is 3. The molecule has 2 aromatic heterocycles. The Morgan fingerprint density at radius 1 is 1.15 bits per heavy atom. The summed E-state index contributed by atoms with van der Waals surface area (Å²) in [5.41, 5.74) is 1.90. The van der Waals surface area contributed by atoms with E-state index in [1.165, 1.54) is 11.3 Å². The summed E-state index contributed by atoms with van der Waals surface area (Å²) in [6.07, 6.45) is 5.14. The lowest BCUT2D eigenvalue weighted by Gasteiger charge is -2.00. The topological polar surface area (TPSA) is 30.0 Å². The van der Waals surface area contributed by atoms with E-state index in [2.05, 4.69) is 4.98 Å². The van der Waals surface area contributed by atoms with Crippen molar-refractivity contribution in [1.82, 2.24) is 4.98 Å². The van der Waals surface area contributed by atoms with Crippen LogP contribution in [0.2, 0.25) is 4.34 Å². The summed E-state index contributed by atoms with van der Waals surface area (Å²) < 4.78 is 0.621. The SMILES string of the molecule is O=C(/C=C/c1ccnc2ccccc12)c1ccc(Cl)s1. The summed E-state index contributed by atoms with van der Waals surface area (Å²) >= 11 is 7.12. The number of carbonyl (C=O) groups excluding carboxylic acids is 1. The number of para-hydroxylation sites is 1. The third kappa shape index (κ3) is 2.64. The van der Waals surface area contributed by atoms with Crippen molar-refractivity contribution in [2.75, 3.05) is 0 Å². The van der Waals surface area contributed by atoms with Gasteiger partial charge in [-0.1, -0.05) is 35.9 Å². The van der Waals surface area contributed by atoms with Gasteiger partial charge < -0.3 is 0 Å². The van der Waals surface area contributed by atoms with Gasteiger partial charge in [0.05, 0.1) is 14.7 Å². The van der Waals surface area contributed by atoms with Crippen LogP contribution < -0.4 is 0 Å². The summed E-state index contributed by atoms with van der Waals surface area (Å²) in [6.45, 7) is 0. The highest BCUT2D eigenvalue weighted by Gasteiger charge is 2.05. The summed E-state index contributed by atoms with van der Waals surface area (Å²) in [5.74, 6) is -0.0391. The Morgan fingerprint density at radius 3 is 2.80 bits per heavy atom. The molecule has 98 valence electrons. The first kappa shape index (κ1) is 13.0. The van der Waals surface area contributed by atoms with Crippen molar-refractivity contribution >= 4 is 45.7 Å². The molecule has 0 unspecified atom stereocenters. The zero-order chi connectivity index (χ0) is 13.9. The number of carbonyl (C=O) groups is 1. The quantitative estimate of drug-likeness (QED) is 0.511. The van der Waals surface area contributed by atoms with Crippen molar-refractivity contribution in [2.45, 2.75) is 0 Å². The van der Waals surface area contributed by atoms with Gasteiger partial charge in [-0.2, -0.15) is 0 Å². The minimum Gasteiger partial charge on any atom is -0.288 e. The fourth-order valence-corrected chi connectivity index (χ4v) is 2.92. The second kappa shape index (κ2) is 5.57. The van der Waals surface area contributed by atoms with Crippen LogP contribution in [-0.2, 0) is 0 Å². The molecular formula is C16H10ClNOS. The van der Waals surface area contributed by atoms with Gasteiger partial charge in [-0.3, -0.25) is 9.78 Å². The Balaban J connectivity index is 1.93. The number of fused-ring (bicyclic) bond motifs is 1. The fraction of sp³-hybridized carbons (Fsp3) is 0. The normalized spacial score (nSPS) is 11.2. The molecule has 0 radical (unpaired) electrons. The van der Waals surface area contributed by atoms with Gasteiger partial charge in [-0.05, 0) is 35.9 Å². The van der Waals surface area contributed by atoms with Crippen LogP contribution in [0.1, 0.15) is 15.2 Å². The number of hydrogen-bond donors (Lipinski definition) is 0. The average Bonchev–Trinajstić information content (AvgIpc) is 2.91. The Morgan fingerprint density at radius 2 is 2.00 bits per heavy atom. The molecule has 0 saturated heterocycles. The van der Waals surface area contributed by atoms with Crippen LogP contribution in [0, 0.1) is 0 Å². The van der Waals surface area contributed by atoms with E-state index in [1.54, 1.807) is 24.4 Å². The Bertz CT molecular complexity index is 802. The van der Waals surface area contributed by atoms with Crippen molar-refractivity contribution in [1.29, 1.82) is 0 Å². The molecule has 3 aromatic rings. The first-order chi connectivity index (χ1) is 9.74. The molecule has 0 amide bonds. The maximum absolute atomic E-state index is 12.0. The zero-order valence-electron chi connectivity index (χ0n) is 10.4. The number of ketones is 1. The molecule has 4 heteroatoms. The van der Waals surface area contributed by atoms with Gasteiger partial charge in [0.25, 0.3) is 0 Å². The zero-order valence-corrected chi connectivity index (χ0v) is 12.0. The third-order valence-electron chi connectivity index (χ3n) is 2.91. The maximum atomic E-state index is 12.0. The molecular weight excluding hydrogens is 290 g/mol. The van der Waals surface area contributed by atoms with Gasteiger partial charge in [-0.15, -0.1) is 11.3 Å². The summed E-state index contributed by atoms with van der Waals surface area (Å²) in [6, 6.07) is 13.2. The highest BCUT2D eigenvalue weighted by molar-refractivity contribution is 7.18. The number of rotatable bonds is 3. The molecule has 2 heterocycles. The maximum Gasteiger partial charge on any atom is 0.195 e. The first-order valence-corrected chi connectivity index (χ1v) is 7.25. The molecule has 0 atom stereocenters. The van der Waals surface area contributed by atoms with E-state index in [-0.39, 0.29) is 5.78 Å². The lowest BCUT2D eigenvalue weighted by Crippen LogP contribution is -1.89. The number of aromatic nitrogens is 1. The molecule has 0 bridgehead atoms. The van der Waals surface area contributed by atoms with Crippen LogP contribution in [0.15, 0.2) is 54.7 Å². The monoisotopic (exact) mass is 299 g/mol. The smallest absolute Gasteiger partial charge is 0.195 e. The summed E-state index contributed by atoms with van der Waals surface area (Å²) in [4.78, 5) is 17.0. The fourth-order valence-electron chi connectivity index (χ4n) is 1.96. The van der Waals surface area contributed by atoms with Crippen molar-refractivity contribution < 1.29 is 4.79 Å². The first-order valence-electron chi connectivity index (χ1n) is 6.05. The third-order valence-corrected chi connectivity index (χ3v) is 4.16. The molecule has 0 saturated carbocycles. The van der Waals surface area contributed by atoms with Gasteiger partial charge in [0.2, 0.25) is 0 Å². The second-order valence-electron chi connectivity index (χ2n) is 4.22. The van der Waals surface area contributed by atoms with Crippen molar-refractivity contribution in [3.05, 3.63) is 69.5 Å². The number of allylic oxidation sites excluding steroid dienone is 1. The predicted octanol–water partition coefficient (Wildman–Crippen LogP) is 4.85. The number of pyridine rings is 1. The van der Waals surface area contributed by atoms with Gasteiger partial charge in [-0.25, -0.2) is 0 Å². The lowest BCUT2D eigenvalue weighted by atomic mass is 10.1. The number of benzene rings is 1. The molecule has 0 fully saturated rings. The van der Waals surface area contributed by atoms with E-state index in [0.29, 0.717) is 9.21 Å². The van der Waals surface area contributed by atoms with Crippen molar-refractivity contribution in [2.24, 2.45) is 0 Å². The van der Waals surface area contributed by atoms with E-state index >= 15 is 0 Å². The van der Waals surface area contributed by atoms with Crippen LogP contribution in [0.5, 0.6) is 0 Å². The predicted molar refractivity (Wildman–Crippen MR) is 84.4 cm³/mol. The molecule has 20 heavy (non-hydrogen) atoms. The van der Waals surface area contributed by atoms with E-state index in [1.807, 2.05) is 36.4 Å². The average molecular weight is 300 g/mol. The van der Waals surface area contributed by atoms with E-state index < -0.39 is 0 Å². The van der Waals surface area contributed by atoms with Crippen LogP contribution >= 0.6 is 22.9 Å². The molecule has 0 aliphatic carbocycles. The molecule has 3 rings (SSSR count). The molecule has 1 aromatic carbocycles. The van der Waals surface area contributed by atoms with Crippen LogP contribution in [-0.4, -0.2) is 10.8 Å². The van der Waals surface area contributed by atoms with Crippen LogP contribution in [0.25, 0.3) is 17.0 Å². The summed E-state index contributed by atoms with van der Waals surface area (Å²) in [5, 5.41) is 1.03. The molecule has 0 aliphatic heterocycles.